The average Bonchev–Trinajstić information content (AvgIpc) is 3.17. The predicted molar refractivity (Wildman–Crippen MR) is 103 cm³/mol. The molecule has 0 unspecified atom stereocenters. The minimum atomic E-state index is -0.00130. The molecule has 0 atom stereocenters. The van der Waals surface area contributed by atoms with E-state index in [4.69, 9.17) is 0 Å². The highest BCUT2D eigenvalue weighted by atomic mass is 79.9. The van der Waals surface area contributed by atoms with Gasteiger partial charge in [-0.15, -0.1) is 0 Å². The van der Waals surface area contributed by atoms with Gasteiger partial charge in [0.1, 0.15) is 0 Å². The number of nitrogens with zero attached hydrogens (tertiary/aromatic N) is 2. The molecule has 4 nitrogen and oxygen atoms in total. The van der Waals surface area contributed by atoms with Gasteiger partial charge >= 0.3 is 0 Å². The van der Waals surface area contributed by atoms with Crippen molar-refractivity contribution >= 4 is 39.3 Å². The molecule has 0 saturated heterocycles. The number of anilines is 1. The van der Waals surface area contributed by atoms with Crippen LogP contribution >= 0.6 is 27.7 Å². The van der Waals surface area contributed by atoms with Crippen molar-refractivity contribution in [1.29, 1.82) is 0 Å². The van der Waals surface area contributed by atoms with Gasteiger partial charge in [-0.1, -0.05) is 40.5 Å². The van der Waals surface area contributed by atoms with Crippen LogP contribution in [0.3, 0.4) is 0 Å². The summed E-state index contributed by atoms with van der Waals surface area (Å²) in [5, 5.41) is 3.91. The highest BCUT2D eigenvalue weighted by Gasteiger charge is 2.23. The van der Waals surface area contributed by atoms with Gasteiger partial charge in [-0.25, -0.2) is 4.98 Å². The van der Waals surface area contributed by atoms with Gasteiger partial charge < -0.3 is 9.88 Å². The minimum absolute atomic E-state index is 0.00130. The van der Waals surface area contributed by atoms with Gasteiger partial charge in [-0.2, -0.15) is 0 Å². The number of amides is 1. The monoisotopic (exact) mass is 407 g/mol. The second kappa shape index (κ2) is 7.74. The van der Waals surface area contributed by atoms with Crippen molar-refractivity contribution in [2.45, 2.75) is 50.7 Å². The fourth-order valence-electron chi connectivity index (χ4n) is 3.15. The molecule has 1 aliphatic rings. The SMILES string of the molecule is Cc1nc(SCC(=O)Nc2ccc(Br)cc2)n(C2CCCC2)c1C. The van der Waals surface area contributed by atoms with Crippen molar-refractivity contribution in [3.8, 4) is 0 Å². The number of hydrogen-bond acceptors (Lipinski definition) is 3. The Kier molecular flexibility index (Phi) is 5.66. The van der Waals surface area contributed by atoms with E-state index in [0.717, 1.165) is 21.0 Å². The van der Waals surface area contributed by atoms with E-state index < -0.39 is 0 Å². The smallest absolute Gasteiger partial charge is 0.234 e. The van der Waals surface area contributed by atoms with Gasteiger partial charge in [0.25, 0.3) is 0 Å². The molecule has 24 heavy (non-hydrogen) atoms. The summed E-state index contributed by atoms with van der Waals surface area (Å²) in [6.45, 7) is 4.18. The van der Waals surface area contributed by atoms with Gasteiger partial charge in [0, 0.05) is 21.9 Å². The number of rotatable bonds is 5. The highest BCUT2D eigenvalue weighted by molar-refractivity contribution is 9.10. The summed E-state index contributed by atoms with van der Waals surface area (Å²) in [5.74, 6) is 0.372. The molecule has 3 rings (SSSR count). The van der Waals surface area contributed by atoms with Crippen LogP contribution in [0.5, 0.6) is 0 Å². The summed E-state index contributed by atoms with van der Waals surface area (Å²) in [5.41, 5.74) is 3.12. The topological polar surface area (TPSA) is 46.9 Å². The Morgan fingerprint density at radius 1 is 1.29 bits per heavy atom. The lowest BCUT2D eigenvalue weighted by Gasteiger charge is -2.16. The van der Waals surface area contributed by atoms with E-state index in [1.54, 1.807) is 0 Å². The van der Waals surface area contributed by atoms with E-state index in [-0.39, 0.29) is 5.91 Å². The number of imidazole rings is 1. The van der Waals surface area contributed by atoms with E-state index in [1.165, 1.54) is 43.1 Å². The first-order valence-corrected chi connectivity index (χ1v) is 10.1. The van der Waals surface area contributed by atoms with Gasteiger partial charge in [0.05, 0.1) is 11.4 Å². The zero-order chi connectivity index (χ0) is 17.1. The zero-order valence-corrected chi connectivity index (χ0v) is 16.4. The Morgan fingerprint density at radius 2 is 1.96 bits per heavy atom. The van der Waals surface area contributed by atoms with Crippen LogP contribution in [0.2, 0.25) is 0 Å². The zero-order valence-electron chi connectivity index (χ0n) is 14.0. The highest BCUT2D eigenvalue weighted by Crippen LogP contribution is 2.35. The fraction of sp³-hybridized carbons (Fsp3) is 0.444. The number of carbonyl (C=O) groups excluding carboxylic acids is 1. The van der Waals surface area contributed by atoms with Crippen LogP contribution < -0.4 is 5.32 Å². The lowest BCUT2D eigenvalue weighted by molar-refractivity contribution is -0.113. The standard InChI is InChI=1S/C18H22BrN3OS/c1-12-13(2)22(16-5-3-4-6-16)18(20-12)24-11-17(23)21-15-9-7-14(19)8-10-15/h7-10,16H,3-6,11H2,1-2H3,(H,21,23). The number of nitrogens with one attached hydrogen (secondary N) is 1. The molecule has 6 heteroatoms. The molecule has 2 aromatic rings. The first-order valence-electron chi connectivity index (χ1n) is 8.28. The van der Waals surface area contributed by atoms with E-state index in [2.05, 4.69) is 37.7 Å². The molecule has 128 valence electrons. The first kappa shape index (κ1) is 17.5. The molecule has 1 aliphatic carbocycles. The van der Waals surface area contributed by atoms with Crippen molar-refractivity contribution in [1.82, 2.24) is 9.55 Å². The molecule has 0 radical (unpaired) electrons. The van der Waals surface area contributed by atoms with Crippen LogP contribution in [0.25, 0.3) is 0 Å². The van der Waals surface area contributed by atoms with Gasteiger partial charge in [-0.05, 0) is 51.0 Å². The summed E-state index contributed by atoms with van der Waals surface area (Å²) in [7, 11) is 0. The quantitative estimate of drug-likeness (QED) is 0.700. The molecule has 1 saturated carbocycles. The summed E-state index contributed by atoms with van der Waals surface area (Å²) < 4.78 is 3.35. The third kappa shape index (κ3) is 4.03. The Labute approximate surface area is 155 Å². The lowest BCUT2D eigenvalue weighted by Crippen LogP contribution is -2.15. The Balaban J connectivity index is 1.64. The van der Waals surface area contributed by atoms with Gasteiger partial charge in [0.2, 0.25) is 5.91 Å². The number of aromatic nitrogens is 2. The van der Waals surface area contributed by atoms with Crippen LogP contribution in [-0.4, -0.2) is 21.2 Å². The number of halogens is 1. The van der Waals surface area contributed by atoms with Crippen molar-refractivity contribution < 1.29 is 4.79 Å². The maximum Gasteiger partial charge on any atom is 0.234 e. The largest absolute Gasteiger partial charge is 0.325 e. The minimum Gasteiger partial charge on any atom is -0.325 e. The molecule has 1 aromatic carbocycles. The maximum absolute atomic E-state index is 12.2. The van der Waals surface area contributed by atoms with Gasteiger partial charge in [-0.3, -0.25) is 4.79 Å². The van der Waals surface area contributed by atoms with Crippen LogP contribution in [0.15, 0.2) is 33.9 Å². The van der Waals surface area contributed by atoms with Crippen LogP contribution in [0, 0.1) is 13.8 Å². The van der Waals surface area contributed by atoms with Crippen molar-refractivity contribution in [3.63, 3.8) is 0 Å². The first-order chi connectivity index (χ1) is 11.5. The normalized spacial score (nSPS) is 15.0. The third-order valence-corrected chi connectivity index (χ3v) is 5.99. The summed E-state index contributed by atoms with van der Waals surface area (Å²) in [6, 6.07) is 8.16. The molecule has 0 spiro atoms. The Hall–Kier alpha value is -1.27. The van der Waals surface area contributed by atoms with Crippen LogP contribution in [-0.2, 0) is 4.79 Å². The summed E-state index contributed by atoms with van der Waals surface area (Å²) >= 11 is 4.92. The van der Waals surface area contributed by atoms with Crippen LogP contribution in [0.4, 0.5) is 5.69 Å². The van der Waals surface area contributed by atoms with E-state index in [1.807, 2.05) is 31.2 Å². The molecule has 0 aliphatic heterocycles. The summed E-state index contributed by atoms with van der Waals surface area (Å²) in [6.07, 6.45) is 5.01. The average molecular weight is 408 g/mol. The third-order valence-electron chi connectivity index (χ3n) is 4.50. The predicted octanol–water partition coefficient (Wildman–Crippen LogP) is 5.11. The number of benzene rings is 1. The van der Waals surface area contributed by atoms with Gasteiger partial charge in [0.15, 0.2) is 5.16 Å². The van der Waals surface area contributed by atoms with E-state index >= 15 is 0 Å². The van der Waals surface area contributed by atoms with E-state index in [9.17, 15) is 4.79 Å². The lowest BCUT2D eigenvalue weighted by atomic mass is 10.2. The fourth-order valence-corrected chi connectivity index (χ4v) is 4.37. The van der Waals surface area contributed by atoms with Crippen LogP contribution in [0.1, 0.15) is 43.1 Å². The number of hydrogen-bond donors (Lipinski definition) is 1. The van der Waals surface area contributed by atoms with E-state index in [0.29, 0.717) is 11.8 Å². The second-order valence-corrected chi connectivity index (χ2v) is 8.08. The maximum atomic E-state index is 12.2. The Bertz CT molecular complexity index is 721. The number of carbonyl (C=O) groups is 1. The molecular formula is C18H22BrN3OS. The second-order valence-electron chi connectivity index (χ2n) is 6.22. The molecular weight excluding hydrogens is 386 g/mol. The molecule has 1 heterocycles. The van der Waals surface area contributed by atoms with Crippen molar-refractivity contribution in [3.05, 3.63) is 40.1 Å². The van der Waals surface area contributed by atoms with Crippen molar-refractivity contribution in [2.75, 3.05) is 11.1 Å². The molecule has 1 amide bonds. The molecule has 0 bridgehead atoms. The summed E-state index contributed by atoms with van der Waals surface area (Å²) in [4.78, 5) is 16.9. The molecule has 1 fully saturated rings. The number of aryl methyl sites for hydroxylation is 1. The van der Waals surface area contributed by atoms with Crippen molar-refractivity contribution in [2.24, 2.45) is 0 Å². The Morgan fingerprint density at radius 3 is 2.62 bits per heavy atom. The molecule has 1 N–H and O–H groups in total. The molecule has 1 aromatic heterocycles. The number of thioether (sulfide) groups is 1.